The highest BCUT2D eigenvalue weighted by Crippen LogP contribution is 2.34. The zero-order chi connectivity index (χ0) is 27.6. The number of nitrogens with zero attached hydrogens (tertiary/aromatic N) is 3. The van der Waals surface area contributed by atoms with Gasteiger partial charge in [0, 0.05) is 30.9 Å². The summed E-state index contributed by atoms with van der Waals surface area (Å²) < 4.78 is 66.8. The van der Waals surface area contributed by atoms with Gasteiger partial charge < -0.3 is 14.8 Å². The number of hydrogen-bond donors (Lipinski definition) is 1. The van der Waals surface area contributed by atoms with Crippen LogP contribution in [0.25, 0.3) is 17.1 Å². The molecule has 2 aromatic heterocycles. The third-order valence-electron chi connectivity index (χ3n) is 5.78. The van der Waals surface area contributed by atoms with Crippen LogP contribution in [0.1, 0.15) is 22.8 Å². The minimum absolute atomic E-state index is 0.0184. The molecule has 12 heteroatoms. The smallest absolute Gasteiger partial charge is 0.387 e. The Morgan fingerprint density at radius 3 is 2.32 bits per heavy atom. The minimum atomic E-state index is -3.05. The Hall–Kier alpha value is -4.61. The fraction of sp³-hybridized carbons (Fsp3) is 0.192. The second-order valence-corrected chi connectivity index (χ2v) is 8.03. The van der Waals surface area contributed by atoms with Crippen LogP contribution in [0.5, 0.6) is 11.5 Å². The monoisotopic (exact) mass is 530 g/mol. The molecule has 0 radical (unpaired) electrons. The summed E-state index contributed by atoms with van der Waals surface area (Å²) in [5.41, 5.74) is -1.39. The van der Waals surface area contributed by atoms with Crippen LogP contribution in [0.15, 0.2) is 59.5 Å². The summed E-state index contributed by atoms with van der Waals surface area (Å²) in [4.78, 5) is 31.0. The zero-order valence-electron chi connectivity index (χ0n) is 20.5. The summed E-state index contributed by atoms with van der Waals surface area (Å²) in [5.74, 6) is -2.93. The van der Waals surface area contributed by atoms with Crippen molar-refractivity contribution in [2.75, 3.05) is 12.4 Å². The van der Waals surface area contributed by atoms with E-state index in [9.17, 15) is 18.4 Å². The second kappa shape index (κ2) is 10.8. The van der Waals surface area contributed by atoms with Gasteiger partial charge in [0.05, 0.1) is 12.7 Å². The number of aryl methyl sites for hydroxylation is 1. The normalized spacial score (nSPS) is 11.1. The van der Waals surface area contributed by atoms with Crippen molar-refractivity contribution >= 4 is 11.6 Å². The van der Waals surface area contributed by atoms with Gasteiger partial charge in [-0.1, -0.05) is 13.0 Å². The van der Waals surface area contributed by atoms with Crippen LogP contribution < -0.4 is 20.3 Å². The molecule has 2 aromatic carbocycles. The van der Waals surface area contributed by atoms with Gasteiger partial charge in [-0.25, -0.2) is 13.8 Å². The zero-order valence-corrected chi connectivity index (χ0v) is 20.5. The predicted octanol–water partition coefficient (Wildman–Crippen LogP) is 4.94. The Balaban J connectivity index is 1.89. The molecule has 0 saturated heterocycles. The Morgan fingerprint density at radius 1 is 1.08 bits per heavy atom. The number of amides is 1. The van der Waals surface area contributed by atoms with Gasteiger partial charge in [0.25, 0.3) is 11.5 Å². The van der Waals surface area contributed by atoms with Crippen molar-refractivity contribution in [3.05, 3.63) is 87.8 Å². The van der Waals surface area contributed by atoms with Crippen LogP contribution >= 0.6 is 0 Å². The van der Waals surface area contributed by atoms with Crippen molar-refractivity contribution in [2.24, 2.45) is 7.05 Å². The summed E-state index contributed by atoms with van der Waals surface area (Å²) >= 11 is 0. The standard InChI is InChI=1S/C26H22F4N4O4/c1-4-14-6-5-11-31-23(14)34-25(36)21(32-24(35)15-7-9-16(10-8-15)38-26(29)30)22(33(34)2)20-18(27)12-17(37-3)13-19(20)28/h5-13,26H,4H2,1-3H3,(H,32,35). The Kier molecular flexibility index (Phi) is 7.51. The van der Waals surface area contributed by atoms with E-state index in [4.69, 9.17) is 4.74 Å². The molecule has 198 valence electrons. The van der Waals surface area contributed by atoms with Crippen LogP contribution in [-0.4, -0.2) is 34.0 Å². The van der Waals surface area contributed by atoms with Gasteiger partial charge in [-0.05, 0) is 42.3 Å². The number of methoxy groups -OCH3 is 1. The van der Waals surface area contributed by atoms with Crippen molar-refractivity contribution in [1.82, 2.24) is 14.3 Å². The molecule has 0 aliphatic carbocycles. The molecular formula is C26H22F4N4O4. The lowest BCUT2D eigenvalue weighted by Gasteiger charge is -2.14. The van der Waals surface area contributed by atoms with Crippen LogP contribution in [0.2, 0.25) is 0 Å². The quantitative estimate of drug-likeness (QED) is 0.326. The molecule has 0 aliphatic rings. The van der Waals surface area contributed by atoms with Crippen molar-refractivity contribution < 1.29 is 31.8 Å². The fourth-order valence-electron chi connectivity index (χ4n) is 4.01. The summed E-state index contributed by atoms with van der Waals surface area (Å²) in [6.45, 7) is -1.20. The number of alkyl halides is 2. The van der Waals surface area contributed by atoms with Crippen molar-refractivity contribution in [2.45, 2.75) is 20.0 Å². The van der Waals surface area contributed by atoms with E-state index in [1.807, 2.05) is 6.92 Å². The molecule has 2 heterocycles. The maximum atomic E-state index is 15.2. The van der Waals surface area contributed by atoms with Gasteiger partial charge in [-0.15, -0.1) is 0 Å². The summed E-state index contributed by atoms with van der Waals surface area (Å²) in [5, 5.41) is 2.43. The van der Waals surface area contributed by atoms with E-state index in [-0.39, 0.29) is 28.6 Å². The number of halogens is 4. The van der Waals surface area contributed by atoms with Crippen molar-refractivity contribution in [3.63, 3.8) is 0 Å². The molecule has 0 aliphatic heterocycles. The SMILES string of the molecule is CCc1cccnc1-n1c(=O)c(NC(=O)c2ccc(OC(F)F)cc2)c(-c2c(F)cc(OC)cc2F)n1C. The van der Waals surface area contributed by atoms with Crippen molar-refractivity contribution in [3.8, 4) is 28.6 Å². The Bertz CT molecular complexity index is 1530. The number of carbonyl (C=O) groups excluding carboxylic acids is 1. The van der Waals surface area contributed by atoms with E-state index >= 15 is 8.78 Å². The first-order valence-electron chi connectivity index (χ1n) is 11.3. The summed E-state index contributed by atoms with van der Waals surface area (Å²) in [6.07, 6.45) is 1.96. The van der Waals surface area contributed by atoms with Gasteiger partial charge in [-0.2, -0.15) is 13.5 Å². The van der Waals surface area contributed by atoms with Gasteiger partial charge in [0.1, 0.15) is 34.5 Å². The van der Waals surface area contributed by atoms with E-state index in [2.05, 4.69) is 15.0 Å². The molecule has 0 spiro atoms. The average molecular weight is 530 g/mol. The van der Waals surface area contributed by atoms with Gasteiger partial charge in [0.15, 0.2) is 5.82 Å². The molecule has 0 atom stereocenters. The molecule has 1 N–H and O–H groups in total. The molecule has 0 saturated carbocycles. The molecular weight excluding hydrogens is 508 g/mol. The maximum Gasteiger partial charge on any atom is 0.387 e. The lowest BCUT2D eigenvalue weighted by Crippen LogP contribution is -2.24. The average Bonchev–Trinajstić information content (AvgIpc) is 3.12. The second-order valence-electron chi connectivity index (χ2n) is 8.03. The molecule has 0 fully saturated rings. The van der Waals surface area contributed by atoms with E-state index in [1.165, 1.54) is 37.2 Å². The number of benzene rings is 2. The Labute approximate surface area is 214 Å². The molecule has 38 heavy (non-hydrogen) atoms. The first-order valence-corrected chi connectivity index (χ1v) is 11.3. The van der Waals surface area contributed by atoms with Crippen LogP contribution in [0, 0.1) is 11.6 Å². The number of pyridine rings is 1. The van der Waals surface area contributed by atoms with Gasteiger partial charge in [-0.3, -0.25) is 14.3 Å². The fourth-order valence-corrected chi connectivity index (χ4v) is 4.01. The lowest BCUT2D eigenvalue weighted by molar-refractivity contribution is -0.0498. The minimum Gasteiger partial charge on any atom is -0.497 e. The topological polar surface area (TPSA) is 87.4 Å². The molecule has 0 unspecified atom stereocenters. The maximum absolute atomic E-state index is 15.2. The third-order valence-corrected chi connectivity index (χ3v) is 5.78. The van der Waals surface area contributed by atoms with Gasteiger partial charge in [0.2, 0.25) is 0 Å². The lowest BCUT2D eigenvalue weighted by atomic mass is 10.1. The van der Waals surface area contributed by atoms with Crippen LogP contribution in [0.4, 0.5) is 23.2 Å². The van der Waals surface area contributed by atoms with Crippen molar-refractivity contribution in [1.29, 1.82) is 0 Å². The number of nitrogens with one attached hydrogen (secondary N) is 1. The molecule has 4 rings (SSSR count). The Morgan fingerprint density at radius 2 is 1.74 bits per heavy atom. The summed E-state index contributed by atoms with van der Waals surface area (Å²) in [7, 11) is 2.65. The number of ether oxygens (including phenoxy) is 2. The molecule has 0 bridgehead atoms. The van der Waals surface area contributed by atoms with Gasteiger partial charge >= 0.3 is 6.61 Å². The molecule has 4 aromatic rings. The third kappa shape index (κ3) is 4.97. The van der Waals surface area contributed by atoms with Crippen LogP contribution in [0.3, 0.4) is 0 Å². The molecule has 8 nitrogen and oxygen atoms in total. The number of anilines is 1. The van der Waals surface area contributed by atoms with E-state index in [0.717, 1.165) is 28.9 Å². The largest absolute Gasteiger partial charge is 0.497 e. The highest BCUT2D eigenvalue weighted by atomic mass is 19.3. The number of carbonyl (C=O) groups is 1. The highest BCUT2D eigenvalue weighted by Gasteiger charge is 2.28. The number of aromatic nitrogens is 3. The number of rotatable bonds is 8. The molecule has 1 amide bonds. The predicted molar refractivity (Wildman–Crippen MR) is 131 cm³/mol. The first kappa shape index (κ1) is 26.5. The summed E-state index contributed by atoms with van der Waals surface area (Å²) in [6, 6.07) is 10.0. The van der Waals surface area contributed by atoms with E-state index in [1.54, 1.807) is 12.1 Å². The number of hydrogen-bond acceptors (Lipinski definition) is 5. The van der Waals surface area contributed by atoms with E-state index < -0.39 is 41.0 Å². The first-order chi connectivity index (χ1) is 18.2. The van der Waals surface area contributed by atoms with E-state index in [0.29, 0.717) is 12.0 Å². The highest BCUT2D eigenvalue weighted by molar-refractivity contribution is 6.06. The van der Waals surface area contributed by atoms with Crippen LogP contribution in [-0.2, 0) is 13.5 Å².